The van der Waals surface area contributed by atoms with Crippen molar-refractivity contribution in [3.63, 3.8) is 0 Å². The molecule has 2 fully saturated rings. The normalized spacial score (nSPS) is 25.2. The van der Waals surface area contributed by atoms with E-state index in [9.17, 15) is 4.79 Å². The number of piperidine rings is 2. The van der Waals surface area contributed by atoms with Gasteiger partial charge < -0.3 is 4.74 Å². The number of benzene rings is 2. The third-order valence-electron chi connectivity index (χ3n) is 6.40. The average Bonchev–Trinajstić information content (AvgIpc) is 2.68. The molecule has 27 heavy (non-hydrogen) atoms. The molecule has 2 atom stereocenters. The largest absolute Gasteiger partial charge is 0.497 e. The summed E-state index contributed by atoms with van der Waals surface area (Å²) in [6.07, 6.45) is 5.72. The van der Waals surface area contributed by atoms with E-state index in [2.05, 4.69) is 35.2 Å². The number of carbonyl (C=O) groups is 1. The monoisotopic (exact) mass is 363 g/mol. The molecule has 2 aromatic carbocycles. The van der Waals surface area contributed by atoms with Crippen LogP contribution in [-0.4, -0.2) is 29.9 Å². The molecule has 2 heterocycles. The molecule has 2 aliphatic heterocycles. The number of rotatable bonds is 5. The van der Waals surface area contributed by atoms with Crippen LogP contribution in [0.25, 0.3) is 0 Å². The molecule has 0 radical (unpaired) electrons. The van der Waals surface area contributed by atoms with Gasteiger partial charge in [-0.15, -0.1) is 0 Å². The van der Waals surface area contributed by atoms with Crippen LogP contribution in [0.3, 0.4) is 0 Å². The number of hydrogen-bond acceptors (Lipinski definition) is 3. The molecule has 0 aliphatic carbocycles. The number of ketones is 1. The van der Waals surface area contributed by atoms with E-state index in [4.69, 9.17) is 4.74 Å². The van der Waals surface area contributed by atoms with Crippen molar-refractivity contribution in [1.29, 1.82) is 0 Å². The van der Waals surface area contributed by atoms with Crippen molar-refractivity contribution in [1.82, 2.24) is 4.90 Å². The Kier molecular flexibility index (Phi) is 5.31. The Morgan fingerprint density at radius 2 is 1.78 bits per heavy atom. The summed E-state index contributed by atoms with van der Waals surface area (Å²) in [4.78, 5) is 15.9. The molecule has 2 bridgehead atoms. The summed E-state index contributed by atoms with van der Waals surface area (Å²) in [5, 5.41) is 0. The molecule has 2 aliphatic rings. The lowest BCUT2D eigenvalue weighted by molar-refractivity contribution is 0.00904. The van der Waals surface area contributed by atoms with Crippen LogP contribution < -0.4 is 4.74 Å². The highest BCUT2D eigenvalue weighted by molar-refractivity contribution is 5.99. The zero-order chi connectivity index (χ0) is 18.8. The molecule has 0 spiro atoms. The standard InChI is InChI=1S/C24H29NO2/c1-17-13-22(27-2)11-12-23(17)24(26)19-14-20-9-6-10-21(15-19)25(20)16-18-7-4-3-5-8-18/h3-5,7-8,11-13,19-21H,6,9-10,14-16H2,1-2H3. The van der Waals surface area contributed by atoms with Crippen molar-refractivity contribution in [3.05, 3.63) is 65.2 Å². The first kappa shape index (κ1) is 18.2. The van der Waals surface area contributed by atoms with Crippen LogP contribution in [0.4, 0.5) is 0 Å². The van der Waals surface area contributed by atoms with E-state index < -0.39 is 0 Å². The summed E-state index contributed by atoms with van der Waals surface area (Å²) in [6, 6.07) is 17.6. The topological polar surface area (TPSA) is 29.5 Å². The van der Waals surface area contributed by atoms with Gasteiger partial charge in [0.05, 0.1) is 7.11 Å². The second kappa shape index (κ2) is 7.85. The predicted octanol–water partition coefficient (Wildman–Crippen LogP) is 5.02. The van der Waals surface area contributed by atoms with Gasteiger partial charge in [-0.25, -0.2) is 0 Å². The zero-order valence-corrected chi connectivity index (χ0v) is 16.4. The van der Waals surface area contributed by atoms with Gasteiger partial charge in [0.2, 0.25) is 0 Å². The van der Waals surface area contributed by atoms with E-state index in [1.54, 1.807) is 7.11 Å². The first-order valence-corrected chi connectivity index (χ1v) is 10.1. The van der Waals surface area contributed by atoms with Crippen molar-refractivity contribution in [3.8, 4) is 5.75 Å². The van der Waals surface area contributed by atoms with E-state index in [1.165, 1.54) is 24.8 Å². The lowest BCUT2D eigenvalue weighted by atomic mass is 9.75. The molecule has 0 aromatic heterocycles. The molecule has 3 nitrogen and oxygen atoms in total. The Morgan fingerprint density at radius 3 is 2.41 bits per heavy atom. The van der Waals surface area contributed by atoms with Crippen molar-refractivity contribution in [2.45, 2.75) is 57.7 Å². The van der Waals surface area contributed by atoms with Crippen molar-refractivity contribution >= 4 is 5.78 Å². The summed E-state index contributed by atoms with van der Waals surface area (Å²) >= 11 is 0. The van der Waals surface area contributed by atoms with Gasteiger partial charge in [0.25, 0.3) is 0 Å². The molecular formula is C24H29NO2. The van der Waals surface area contributed by atoms with E-state index >= 15 is 0 Å². The predicted molar refractivity (Wildman–Crippen MR) is 108 cm³/mol. The minimum atomic E-state index is 0.152. The molecular weight excluding hydrogens is 334 g/mol. The van der Waals surface area contributed by atoms with Gasteiger partial charge in [-0.2, -0.15) is 0 Å². The van der Waals surface area contributed by atoms with Crippen molar-refractivity contribution in [2.75, 3.05) is 7.11 Å². The minimum absolute atomic E-state index is 0.152. The number of carbonyl (C=O) groups excluding carboxylic acids is 1. The maximum atomic E-state index is 13.3. The van der Waals surface area contributed by atoms with Gasteiger partial charge in [-0.05, 0) is 61.9 Å². The zero-order valence-electron chi connectivity index (χ0n) is 16.4. The van der Waals surface area contributed by atoms with Crippen LogP contribution in [-0.2, 0) is 6.54 Å². The number of Topliss-reactive ketones (excluding diaryl/α,β-unsaturated/α-hetero) is 1. The van der Waals surface area contributed by atoms with E-state index in [-0.39, 0.29) is 5.92 Å². The number of aryl methyl sites for hydroxylation is 1. The highest BCUT2D eigenvalue weighted by Gasteiger charge is 2.40. The molecule has 0 amide bonds. The van der Waals surface area contributed by atoms with Crippen LogP contribution in [0.2, 0.25) is 0 Å². The number of methoxy groups -OCH3 is 1. The van der Waals surface area contributed by atoms with Crippen LogP contribution in [0, 0.1) is 12.8 Å². The molecule has 0 N–H and O–H groups in total. The fraction of sp³-hybridized carbons (Fsp3) is 0.458. The second-order valence-electron chi connectivity index (χ2n) is 8.11. The quantitative estimate of drug-likeness (QED) is 0.699. The number of fused-ring (bicyclic) bond motifs is 2. The number of hydrogen-bond donors (Lipinski definition) is 0. The maximum absolute atomic E-state index is 13.3. The lowest BCUT2D eigenvalue weighted by Crippen LogP contribution is -2.52. The van der Waals surface area contributed by atoms with Gasteiger partial charge in [0, 0.05) is 30.1 Å². The van der Waals surface area contributed by atoms with Crippen LogP contribution in [0.5, 0.6) is 5.75 Å². The van der Waals surface area contributed by atoms with E-state index in [0.29, 0.717) is 17.9 Å². The Morgan fingerprint density at radius 1 is 1.07 bits per heavy atom. The Bertz CT molecular complexity index is 787. The van der Waals surface area contributed by atoms with Gasteiger partial charge >= 0.3 is 0 Å². The first-order chi connectivity index (χ1) is 13.2. The van der Waals surface area contributed by atoms with Gasteiger partial charge in [0.15, 0.2) is 5.78 Å². The van der Waals surface area contributed by atoms with Gasteiger partial charge in [-0.3, -0.25) is 9.69 Å². The van der Waals surface area contributed by atoms with E-state index in [0.717, 1.165) is 36.3 Å². The Balaban J connectivity index is 1.50. The highest BCUT2D eigenvalue weighted by atomic mass is 16.5. The molecule has 2 unspecified atom stereocenters. The summed E-state index contributed by atoms with van der Waals surface area (Å²) in [6.45, 7) is 3.03. The Labute approximate surface area is 162 Å². The van der Waals surface area contributed by atoms with Crippen LogP contribution in [0.15, 0.2) is 48.5 Å². The summed E-state index contributed by atoms with van der Waals surface area (Å²) in [7, 11) is 1.67. The van der Waals surface area contributed by atoms with Crippen molar-refractivity contribution < 1.29 is 9.53 Å². The van der Waals surface area contributed by atoms with Crippen LogP contribution >= 0.6 is 0 Å². The third kappa shape index (κ3) is 3.79. The maximum Gasteiger partial charge on any atom is 0.166 e. The summed E-state index contributed by atoms with van der Waals surface area (Å²) in [5.74, 6) is 1.30. The Hall–Kier alpha value is -2.13. The molecule has 142 valence electrons. The highest BCUT2D eigenvalue weighted by Crippen LogP contribution is 2.39. The average molecular weight is 364 g/mol. The summed E-state index contributed by atoms with van der Waals surface area (Å²) < 4.78 is 5.29. The lowest BCUT2D eigenvalue weighted by Gasteiger charge is -2.48. The molecule has 0 saturated carbocycles. The number of ether oxygens (including phenoxy) is 1. The van der Waals surface area contributed by atoms with Gasteiger partial charge in [-0.1, -0.05) is 36.8 Å². The molecule has 2 saturated heterocycles. The van der Waals surface area contributed by atoms with Crippen molar-refractivity contribution in [2.24, 2.45) is 5.92 Å². The smallest absolute Gasteiger partial charge is 0.166 e. The SMILES string of the molecule is COc1ccc(C(=O)C2CC3CCCC(C2)N3Cc2ccccc2)c(C)c1. The fourth-order valence-electron chi connectivity index (χ4n) is 5.00. The number of nitrogens with zero attached hydrogens (tertiary/aromatic N) is 1. The second-order valence-corrected chi connectivity index (χ2v) is 8.11. The van der Waals surface area contributed by atoms with Gasteiger partial charge in [0.1, 0.15) is 5.75 Å². The molecule has 3 heteroatoms. The summed E-state index contributed by atoms with van der Waals surface area (Å²) in [5.41, 5.74) is 3.27. The minimum Gasteiger partial charge on any atom is -0.497 e. The van der Waals surface area contributed by atoms with E-state index in [1.807, 2.05) is 25.1 Å². The molecule has 4 rings (SSSR count). The first-order valence-electron chi connectivity index (χ1n) is 10.1. The molecule has 2 aromatic rings. The fourth-order valence-corrected chi connectivity index (χ4v) is 5.00. The van der Waals surface area contributed by atoms with Crippen LogP contribution in [0.1, 0.15) is 53.6 Å². The third-order valence-corrected chi connectivity index (χ3v) is 6.40.